The number of hydrogen-bond acceptors (Lipinski definition) is 3. The Labute approximate surface area is 187 Å². The summed E-state index contributed by atoms with van der Waals surface area (Å²) in [4.78, 5) is 7.44. The van der Waals surface area contributed by atoms with E-state index in [1.54, 1.807) is 0 Å². The van der Waals surface area contributed by atoms with Crippen molar-refractivity contribution in [2.75, 3.05) is 39.3 Å². The Morgan fingerprint density at radius 2 is 2.00 bits per heavy atom. The molecule has 3 rings (SSSR count). The lowest BCUT2D eigenvalue weighted by molar-refractivity contribution is 0.0945. The molecule has 2 aliphatic rings. The zero-order chi connectivity index (χ0) is 18.9. The maximum atomic E-state index is 5.84. The fraction of sp³-hybridized carbons (Fsp3) is 0.682. The van der Waals surface area contributed by atoms with Gasteiger partial charge in [-0.2, -0.15) is 0 Å². The molecule has 2 atom stereocenters. The summed E-state index contributed by atoms with van der Waals surface area (Å²) in [5.74, 6) is 2.10. The Hall–Kier alpha value is -0.860. The lowest BCUT2D eigenvalue weighted by atomic mass is 10.1. The zero-order valence-electron chi connectivity index (χ0n) is 17.4. The predicted molar refractivity (Wildman–Crippen MR) is 127 cm³/mol. The molecule has 5 nitrogen and oxygen atoms in total. The fourth-order valence-corrected chi connectivity index (χ4v) is 3.64. The van der Waals surface area contributed by atoms with E-state index < -0.39 is 0 Å². The van der Waals surface area contributed by atoms with Crippen LogP contribution in [0.25, 0.3) is 0 Å². The normalized spacial score (nSPS) is 21.2. The number of benzene rings is 1. The molecule has 6 heteroatoms. The standard InChI is InChI=1S/C22H36N4O.HI/c1-3-23-22(25-14-20-11-12-26(15-20)21-9-10-21)24-13-18(2)16-27-17-19-7-5-4-6-8-19;/h4-8,18,20-21H,3,9-17H2,1-2H3,(H2,23,24,25);1H. The van der Waals surface area contributed by atoms with Gasteiger partial charge in [0.2, 0.25) is 0 Å². The average Bonchev–Trinajstić information content (AvgIpc) is 3.43. The highest BCUT2D eigenvalue weighted by atomic mass is 127. The zero-order valence-corrected chi connectivity index (χ0v) is 19.7. The van der Waals surface area contributed by atoms with E-state index in [9.17, 15) is 0 Å². The van der Waals surface area contributed by atoms with Gasteiger partial charge in [0.15, 0.2) is 5.96 Å². The molecular weight excluding hydrogens is 463 g/mol. The van der Waals surface area contributed by atoms with Crippen LogP contribution in [0.5, 0.6) is 0 Å². The Morgan fingerprint density at radius 1 is 1.21 bits per heavy atom. The quantitative estimate of drug-likeness (QED) is 0.294. The van der Waals surface area contributed by atoms with Crippen LogP contribution in [0, 0.1) is 11.8 Å². The molecule has 0 bridgehead atoms. The summed E-state index contributed by atoms with van der Waals surface area (Å²) in [6, 6.07) is 11.2. The summed E-state index contributed by atoms with van der Waals surface area (Å²) < 4.78 is 5.84. The third kappa shape index (κ3) is 8.25. The average molecular weight is 500 g/mol. The topological polar surface area (TPSA) is 48.9 Å². The molecule has 1 aromatic rings. The van der Waals surface area contributed by atoms with Crippen LogP contribution in [-0.4, -0.2) is 56.2 Å². The molecule has 1 aliphatic heterocycles. The van der Waals surface area contributed by atoms with Crippen LogP contribution in [0.1, 0.15) is 38.7 Å². The van der Waals surface area contributed by atoms with Gasteiger partial charge in [0.25, 0.3) is 0 Å². The number of hydrogen-bond donors (Lipinski definition) is 2. The van der Waals surface area contributed by atoms with Crippen molar-refractivity contribution >= 4 is 29.9 Å². The van der Waals surface area contributed by atoms with Crippen molar-refractivity contribution in [3.63, 3.8) is 0 Å². The number of halogens is 1. The first-order chi connectivity index (χ1) is 13.2. The van der Waals surface area contributed by atoms with Gasteiger partial charge in [-0.1, -0.05) is 37.3 Å². The monoisotopic (exact) mass is 500 g/mol. The minimum Gasteiger partial charge on any atom is -0.376 e. The molecular formula is C22H37IN4O. The SMILES string of the molecule is CCNC(=NCC(C)COCc1ccccc1)NCC1CCN(C2CC2)C1.I. The van der Waals surface area contributed by atoms with Crippen molar-refractivity contribution in [1.82, 2.24) is 15.5 Å². The highest BCUT2D eigenvalue weighted by molar-refractivity contribution is 14.0. The molecule has 1 aromatic carbocycles. The van der Waals surface area contributed by atoms with Crippen LogP contribution < -0.4 is 10.6 Å². The van der Waals surface area contributed by atoms with E-state index in [4.69, 9.17) is 9.73 Å². The van der Waals surface area contributed by atoms with Crippen LogP contribution in [0.15, 0.2) is 35.3 Å². The molecule has 1 aliphatic carbocycles. The van der Waals surface area contributed by atoms with Crippen LogP contribution in [0.3, 0.4) is 0 Å². The van der Waals surface area contributed by atoms with Gasteiger partial charge >= 0.3 is 0 Å². The Balaban J connectivity index is 0.00000280. The first-order valence-corrected chi connectivity index (χ1v) is 10.6. The Morgan fingerprint density at radius 3 is 2.71 bits per heavy atom. The van der Waals surface area contributed by atoms with Crippen LogP contribution in [0.4, 0.5) is 0 Å². The highest BCUT2D eigenvalue weighted by Crippen LogP contribution is 2.31. The Kier molecular flexibility index (Phi) is 10.6. The van der Waals surface area contributed by atoms with Gasteiger partial charge < -0.3 is 20.3 Å². The number of guanidine groups is 1. The molecule has 158 valence electrons. The number of aliphatic imine (C=N–C) groups is 1. The van der Waals surface area contributed by atoms with Crippen molar-refractivity contribution in [2.24, 2.45) is 16.8 Å². The number of likely N-dealkylation sites (tertiary alicyclic amines) is 1. The molecule has 1 saturated carbocycles. The van der Waals surface area contributed by atoms with Gasteiger partial charge in [0.1, 0.15) is 0 Å². The van der Waals surface area contributed by atoms with E-state index in [2.05, 4.69) is 53.6 Å². The summed E-state index contributed by atoms with van der Waals surface area (Å²) in [6.45, 7) is 10.9. The Bertz CT molecular complexity index is 579. The van der Waals surface area contributed by atoms with E-state index in [-0.39, 0.29) is 24.0 Å². The van der Waals surface area contributed by atoms with Crippen LogP contribution in [-0.2, 0) is 11.3 Å². The fourth-order valence-electron chi connectivity index (χ4n) is 3.64. The first-order valence-electron chi connectivity index (χ1n) is 10.6. The van der Waals surface area contributed by atoms with Crippen molar-refractivity contribution < 1.29 is 4.74 Å². The molecule has 28 heavy (non-hydrogen) atoms. The summed E-state index contributed by atoms with van der Waals surface area (Å²) in [5, 5.41) is 6.93. The third-order valence-electron chi connectivity index (χ3n) is 5.36. The minimum absolute atomic E-state index is 0. The first kappa shape index (κ1) is 23.4. The second-order valence-corrected chi connectivity index (χ2v) is 8.09. The van der Waals surface area contributed by atoms with Gasteiger partial charge in [-0.25, -0.2) is 0 Å². The van der Waals surface area contributed by atoms with Crippen molar-refractivity contribution in [1.29, 1.82) is 0 Å². The van der Waals surface area contributed by atoms with Gasteiger partial charge in [-0.15, -0.1) is 24.0 Å². The minimum atomic E-state index is 0. The molecule has 2 unspecified atom stereocenters. The van der Waals surface area contributed by atoms with Crippen molar-refractivity contribution in [2.45, 2.75) is 45.8 Å². The summed E-state index contributed by atoms with van der Waals surface area (Å²) in [6.07, 6.45) is 4.13. The van der Waals surface area contributed by atoms with Gasteiger partial charge in [-0.3, -0.25) is 4.99 Å². The second-order valence-electron chi connectivity index (χ2n) is 8.09. The summed E-state index contributed by atoms with van der Waals surface area (Å²) in [7, 11) is 0. The molecule has 1 heterocycles. The number of ether oxygens (including phenoxy) is 1. The van der Waals surface area contributed by atoms with Gasteiger partial charge in [0.05, 0.1) is 13.2 Å². The predicted octanol–water partition coefficient (Wildman–Crippen LogP) is 3.50. The van der Waals surface area contributed by atoms with Crippen molar-refractivity contribution in [3.05, 3.63) is 35.9 Å². The maximum Gasteiger partial charge on any atom is 0.191 e. The summed E-state index contributed by atoms with van der Waals surface area (Å²) >= 11 is 0. The molecule has 0 aromatic heterocycles. The molecule has 2 fully saturated rings. The highest BCUT2D eigenvalue weighted by Gasteiger charge is 2.34. The van der Waals surface area contributed by atoms with E-state index in [0.29, 0.717) is 12.5 Å². The number of nitrogens with one attached hydrogen (secondary N) is 2. The van der Waals surface area contributed by atoms with E-state index in [0.717, 1.165) is 44.2 Å². The lowest BCUT2D eigenvalue weighted by Gasteiger charge is -2.17. The smallest absolute Gasteiger partial charge is 0.191 e. The molecule has 2 N–H and O–H groups in total. The lowest BCUT2D eigenvalue weighted by Crippen LogP contribution is -2.40. The second kappa shape index (κ2) is 12.6. The largest absolute Gasteiger partial charge is 0.376 e. The molecule has 0 spiro atoms. The molecule has 1 saturated heterocycles. The maximum absolute atomic E-state index is 5.84. The van der Waals surface area contributed by atoms with Crippen LogP contribution >= 0.6 is 24.0 Å². The molecule has 0 amide bonds. The number of nitrogens with zero attached hydrogens (tertiary/aromatic N) is 2. The van der Waals surface area contributed by atoms with E-state index in [1.165, 1.54) is 37.9 Å². The third-order valence-corrected chi connectivity index (χ3v) is 5.36. The van der Waals surface area contributed by atoms with E-state index >= 15 is 0 Å². The van der Waals surface area contributed by atoms with E-state index in [1.807, 2.05) is 6.07 Å². The molecule has 0 radical (unpaired) electrons. The van der Waals surface area contributed by atoms with Gasteiger partial charge in [-0.05, 0) is 50.1 Å². The van der Waals surface area contributed by atoms with Gasteiger partial charge in [0, 0.05) is 32.2 Å². The van der Waals surface area contributed by atoms with Crippen LogP contribution in [0.2, 0.25) is 0 Å². The summed E-state index contributed by atoms with van der Waals surface area (Å²) in [5.41, 5.74) is 1.22. The number of rotatable bonds is 10. The van der Waals surface area contributed by atoms with Crippen molar-refractivity contribution in [3.8, 4) is 0 Å².